The third-order valence-electron chi connectivity index (χ3n) is 4.65. The lowest BCUT2D eigenvalue weighted by atomic mass is 9.91. The zero-order chi connectivity index (χ0) is 15.4. The molecule has 0 saturated carbocycles. The monoisotopic (exact) mass is 296 g/mol. The summed E-state index contributed by atoms with van der Waals surface area (Å²) in [5, 5.41) is 6.32. The second-order valence-electron chi connectivity index (χ2n) is 7.38. The first kappa shape index (κ1) is 15.4. The molecule has 0 radical (unpaired) electrons. The van der Waals surface area contributed by atoms with Crippen molar-refractivity contribution in [1.29, 1.82) is 0 Å². The first-order valence-electron chi connectivity index (χ1n) is 8.58. The first-order chi connectivity index (χ1) is 10.6. The number of benzene rings is 2. The van der Waals surface area contributed by atoms with E-state index in [1.165, 1.54) is 55.4 Å². The maximum Gasteiger partial charge on any atom is 0.0420 e. The molecule has 0 amide bonds. The van der Waals surface area contributed by atoms with Gasteiger partial charge in [0.1, 0.15) is 0 Å². The number of anilines is 1. The Balaban J connectivity index is 1.65. The fraction of sp³-hybridized carbons (Fsp3) is 0.500. The van der Waals surface area contributed by atoms with Crippen LogP contribution in [0.5, 0.6) is 0 Å². The Morgan fingerprint density at radius 2 is 1.68 bits per heavy atom. The van der Waals surface area contributed by atoms with Gasteiger partial charge in [-0.15, -0.1) is 0 Å². The van der Waals surface area contributed by atoms with E-state index in [-0.39, 0.29) is 5.41 Å². The molecule has 3 rings (SSSR count). The Hall–Kier alpha value is -1.54. The van der Waals surface area contributed by atoms with Gasteiger partial charge >= 0.3 is 0 Å². The summed E-state index contributed by atoms with van der Waals surface area (Å²) in [6, 6.07) is 15.1. The molecular weight excluding hydrogens is 268 g/mol. The van der Waals surface area contributed by atoms with Crippen LogP contribution in [-0.2, 0) is 0 Å². The molecule has 0 aromatic heterocycles. The summed E-state index contributed by atoms with van der Waals surface area (Å²) >= 11 is 0. The number of rotatable bonds is 5. The zero-order valence-corrected chi connectivity index (χ0v) is 13.9. The van der Waals surface area contributed by atoms with Crippen molar-refractivity contribution in [1.82, 2.24) is 4.90 Å². The predicted molar refractivity (Wildman–Crippen MR) is 96.5 cm³/mol. The lowest BCUT2D eigenvalue weighted by Gasteiger charge is -2.35. The third kappa shape index (κ3) is 3.80. The average molecular weight is 296 g/mol. The van der Waals surface area contributed by atoms with Crippen molar-refractivity contribution in [3.05, 3.63) is 42.5 Å². The molecule has 1 heterocycles. The molecule has 0 spiro atoms. The molecule has 118 valence electrons. The van der Waals surface area contributed by atoms with Crippen LogP contribution >= 0.6 is 0 Å². The highest BCUT2D eigenvalue weighted by atomic mass is 15.1. The standard InChI is InChI=1S/C20H28N2/c1-20(2,16-22-13-6-3-7-14-22)15-21-19-12-8-10-17-9-4-5-11-18(17)19/h4-5,8-12,21H,3,6-7,13-16H2,1-2H3. The quantitative estimate of drug-likeness (QED) is 0.855. The molecule has 1 saturated heterocycles. The predicted octanol–water partition coefficient (Wildman–Crippen LogP) is 4.76. The Morgan fingerprint density at radius 3 is 2.50 bits per heavy atom. The van der Waals surface area contributed by atoms with Crippen molar-refractivity contribution in [2.45, 2.75) is 33.1 Å². The van der Waals surface area contributed by atoms with Crippen LogP contribution in [-0.4, -0.2) is 31.1 Å². The Morgan fingerprint density at radius 1 is 0.955 bits per heavy atom. The van der Waals surface area contributed by atoms with Gasteiger partial charge in [0.15, 0.2) is 0 Å². The molecule has 1 aliphatic heterocycles. The molecule has 22 heavy (non-hydrogen) atoms. The van der Waals surface area contributed by atoms with Crippen LogP contribution < -0.4 is 5.32 Å². The maximum atomic E-state index is 3.69. The lowest BCUT2D eigenvalue weighted by Crippen LogP contribution is -2.40. The third-order valence-corrected chi connectivity index (χ3v) is 4.65. The van der Waals surface area contributed by atoms with Crippen molar-refractivity contribution in [2.75, 3.05) is 31.5 Å². The van der Waals surface area contributed by atoms with E-state index in [4.69, 9.17) is 0 Å². The molecule has 1 fully saturated rings. The van der Waals surface area contributed by atoms with E-state index in [0.29, 0.717) is 0 Å². The molecule has 2 nitrogen and oxygen atoms in total. The summed E-state index contributed by atoms with van der Waals surface area (Å²) in [6.45, 7) is 9.50. The highest BCUT2D eigenvalue weighted by Gasteiger charge is 2.23. The number of fused-ring (bicyclic) bond motifs is 1. The van der Waals surface area contributed by atoms with Crippen molar-refractivity contribution in [3.63, 3.8) is 0 Å². The minimum absolute atomic E-state index is 0.286. The second-order valence-corrected chi connectivity index (χ2v) is 7.38. The van der Waals surface area contributed by atoms with Crippen molar-refractivity contribution in [2.24, 2.45) is 5.41 Å². The van der Waals surface area contributed by atoms with Crippen molar-refractivity contribution < 1.29 is 0 Å². The number of hydrogen-bond acceptors (Lipinski definition) is 2. The van der Waals surface area contributed by atoms with Crippen LogP contribution in [0.2, 0.25) is 0 Å². The van der Waals surface area contributed by atoms with Gasteiger partial charge in [0.2, 0.25) is 0 Å². The SMILES string of the molecule is CC(C)(CNc1cccc2ccccc12)CN1CCCCC1. The molecule has 0 atom stereocenters. The van der Waals surface area contributed by atoms with E-state index in [1.54, 1.807) is 0 Å². The fourth-order valence-corrected chi connectivity index (χ4v) is 3.49. The molecule has 1 aliphatic rings. The van der Waals surface area contributed by atoms with Crippen LogP contribution in [0.25, 0.3) is 10.8 Å². The molecule has 2 aromatic rings. The van der Waals surface area contributed by atoms with E-state index in [2.05, 4.69) is 66.5 Å². The van der Waals surface area contributed by atoms with Gasteiger partial charge in [-0.2, -0.15) is 0 Å². The van der Waals surface area contributed by atoms with Crippen LogP contribution in [0.1, 0.15) is 33.1 Å². The summed E-state index contributed by atoms with van der Waals surface area (Å²) in [7, 11) is 0. The smallest absolute Gasteiger partial charge is 0.0420 e. The van der Waals surface area contributed by atoms with Gasteiger partial charge in [-0.1, -0.05) is 56.7 Å². The van der Waals surface area contributed by atoms with E-state index < -0.39 is 0 Å². The highest BCUT2D eigenvalue weighted by Crippen LogP contribution is 2.26. The Labute approximate surface area is 134 Å². The maximum absolute atomic E-state index is 3.69. The van der Waals surface area contributed by atoms with Gasteiger partial charge in [-0.25, -0.2) is 0 Å². The highest BCUT2D eigenvalue weighted by molar-refractivity contribution is 5.93. The van der Waals surface area contributed by atoms with Crippen LogP contribution in [0.4, 0.5) is 5.69 Å². The lowest BCUT2D eigenvalue weighted by molar-refractivity contribution is 0.160. The topological polar surface area (TPSA) is 15.3 Å². The van der Waals surface area contributed by atoms with Crippen LogP contribution in [0, 0.1) is 5.41 Å². The molecule has 0 bridgehead atoms. The van der Waals surface area contributed by atoms with Gasteiger partial charge in [0.25, 0.3) is 0 Å². The molecule has 0 unspecified atom stereocenters. The van der Waals surface area contributed by atoms with E-state index in [9.17, 15) is 0 Å². The van der Waals surface area contributed by atoms with Crippen LogP contribution in [0.3, 0.4) is 0 Å². The second kappa shape index (κ2) is 6.70. The van der Waals surface area contributed by atoms with Gasteiger partial charge in [-0.05, 0) is 42.8 Å². The molecule has 0 aliphatic carbocycles. The molecule has 2 aromatic carbocycles. The van der Waals surface area contributed by atoms with E-state index in [1.807, 2.05) is 0 Å². The van der Waals surface area contributed by atoms with E-state index in [0.717, 1.165) is 6.54 Å². The fourth-order valence-electron chi connectivity index (χ4n) is 3.49. The number of nitrogens with one attached hydrogen (secondary N) is 1. The summed E-state index contributed by atoms with van der Waals surface area (Å²) < 4.78 is 0. The average Bonchev–Trinajstić information content (AvgIpc) is 2.53. The minimum Gasteiger partial charge on any atom is -0.384 e. The van der Waals surface area contributed by atoms with Gasteiger partial charge in [0, 0.05) is 24.2 Å². The van der Waals surface area contributed by atoms with Gasteiger partial charge < -0.3 is 10.2 Å². The molecule has 1 N–H and O–H groups in total. The molecular formula is C20H28N2. The Bertz CT molecular complexity index is 607. The van der Waals surface area contributed by atoms with Gasteiger partial charge in [0.05, 0.1) is 0 Å². The molecule has 2 heteroatoms. The normalized spacial score (nSPS) is 16.8. The van der Waals surface area contributed by atoms with E-state index >= 15 is 0 Å². The van der Waals surface area contributed by atoms with Crippen LogP contribution in [0.15, 0.2) is 42.5 Å². The van der Waals surface area contributed by atoms with Crippen molar-refractivity contribution in [3.8, 4) is 0 Å². The zero-order valence-electron chi connectivity index (χ0n) is 13.9. The summed E-state index contributed by atoms with van der Waals surface area (Å²) in [6.07, 6.45) is 4.14. The number of hydrogen-bond donors (Lipinski definition) is 1. The summed E-state index contributed by atoms with van der Waals surface area (Å²) in [5.74, 6) is 0. The van der Waals surface area contributed by atoms with Gasteiger partial charge in [-0.3, -0.25) is 0 Å². The Kier molecular flexibility index (Phi) is 4.68. The minimum atomic E-state index is 0.286. The summed E-state index contributed by atoms with van der Waals surface area (Å²) in [5.41, 5.74) is 1.54. The number of likely N-dealkylation sites (tertiary alicyclic amines) is 1. The largest absolute Gasteiger partial charge is 0.384 e. The number of piperidine rings is 1. The van der Waals surface area contributed by atoms with Crippen molar-refractivity contribution >= 4 is 16.5 Å². The summed E-state index contributed by atoms with van der Waals surface area (Å²) in [4.78, 5) is 2.63. The first-order valence-corrected chi connectivity index (χ1v) is 8.58. The number of nitrogens with zero attached hydrogens (tertiary/aromatic N) is 1.